The monoisotopic (exact) mass is 316 g/mol. The first-order valence-electron chi connectivity index (χ1n) is 7.23. The van der Waals surface area contributed by atoms with Gasteiger partial charge < -0.3 is 10.2 Å². The number of likely N-dealkylation sites (N-methyl/N-ethyl adjacent to an activating group) is 1. The molecule has 0 aliphatic carbocycles. The van der Waals surface area contributed by atoms with Crippen LogP contribution in [0.5, 0.6) is 0 Å². The quantitative estimate of drug-likeness (QED) is 0.920. The van der Waals surface area contributed by atoms with Crippen LogP contribution in [0, 0.1) is 0 Å². The number of fused-ring (bicyclic) bond motifs is 1. The molecular weight excluding hydrogens is 300 g/mol. The third-order valence-corrected chi connectivity index (χ3v) is 3.89. The van der Waals surface area contributed by atoms with Crippen molar-refractivity contribution in [3.8, 4) is 0 Å². The Kier molecular flexibility index (Phi) is 4.15. The van der Waals surface area contributed by atoms with Crippen molar-refractivity contribution in [2.45, 2.75) is 6.92 Å². The summed E-state index contributed by atoms with van der Waals surface area (Å²) < 4.78 is 0. The fourth-order valence-electron chi connectivity index (χ4n) is 2.57. The number of carbonyl (C=O) groups is 1. The number of aromatic nitrogens is 1. The number of nitrogens with zero attached hydrogens (tertiary/aromatic N) is 3. The van der Waals surface area contributed by atoms with Crippen LogP contribution >= 0.6 is 11.6 Å². The van der Waals surface area contributed by atoms with Gasteiger partial charge in [-0.1, -0.05) is 17.7 Å². The average Bonchev–Trinajstić information content (AvgIpc) is 2.53. The topological polar surface area (TPSA) is 48.5 Å². The van der Waals surface area contributed by atoms with Gasteiger partial charge in [-0.05, 0) is 37.3 Å². The third-order valence-electron chi connectivity index (χ3n) is 3.65. The van der Waals surface area contributed by atoms with E-state index in [1.807, 2.05) is 24.3 Å². The number of urea groups is 1. The number of pyridine rings is 1. The molecule has 1 N–H and O–H groups in total. The van der Waals surface area contributed by atoms with Crippen LogP contribution in [-0.2, 0) is 0 Å². The van der Waals surface area contributed by atoms with Gasteiger partial charge >= 0.3 is 6.03 Å². The third kappa shape index (κ3) is 2.85. The second-order valence-electron chi connectivity index (χ2n) is 5.02. The summed E-state index contributed by atoms with van der Waals surface area (Å²) in [5, 5.41) is 3.48. The van der Waals surface area contributed by atoms with E-state index < -0.39 is 0 Å². The van der Waals surface area contributed by atoms with Crippen molar-refractivity contribution < 1.29 is 4.79 Å². The van der Waals surface area contributed by atoms with Crippen LogP contribution in [0.15, 0.2) is 42.6 Å². The smallest absolute Gasteiger partial charge is 0.326 e. The number of rotatable bonds is 2. The Morgan fingerprint density at radius 1 is 1.32 bits per heavy atom. The van der Waals surface area contributed by atoms with E-state index in [9.17, 15) is 4.79 Å². The first-order chi connectivity index (χ1) is 10.7. The van der Waals surface area contributed by atoms with Crippen molar-refractivity contribution >= 4 is 34.8 Å². The summed E-state index contributed by atoms with van der Waals surface area (Å²) >= 11 is 5.95. The molecule has 1 aliphatic rings. The van der Waals surface area contributed by atoms with Gasteiger partial charge in [-0.25, -0.2) is 9.78 Å². The molecule has 0 fully saturated rings. The molecule has 2 heterocycles. The van der Waals surface area contributed by atoms with Gasteiger partial charge in [0.05, 0.1) is 5.69 Å². The molecule has 2 aromatic rings. The maximum Gasteiger partial charge on any atom is 0.326 e. The lowest BCUT2D eigenvalue weighted by atomic mass is 10.2. The number of nitrogens with one attached hydrogen (secondary N) is 1. The van der Waals surface area contributed by atoms with Gasteiger partial charge in [0.15, 0.2) is 5.82 Å². The van der Waals surface area contributed by atoms with Crippen molar-refractivity contribution in [2.24, 2.45) is 0 Å². The van der Waals surface area contributed by atoms with Crippen LogP contribution in [0.3, 0.4) is 0 Å². The van der Waals surface area contributed by atoms with Crippen LogP contribution in [0.4, 0.5) is 22.0 Å². The number of halogens is 1. The molecule has 114 valence electrons. The summed E-state index contributed by atoms with van der Waals surface area (Å²) in [6.07, 6.45) is 1.75. The molecule has 1 aromatic carbocycles. The molecule has 0 bridgehead atoms. The molecule has 3 rings (SSSR count). The Hall–Kier alpha value is -2.27. The first-order valence-corrected chi connectivity index (χ1v) is 7.61. The Labute approximate surface area is 134 Å². The summed E-state index contributed by atoms with van der Waals surface area (Å²) in [4.78, 5) is 20.9. The van der Waals surface area contributed by atoms with Gasteiger partial charge in [0.25, 0.3) is 0 Å². The zero-order chi connectivity index (χ0) is 15.5. The highest BCUT2D eigenvalue weighted by Gasteiger charge is 2.26. The van der Waals surface area contributed by atoms with Crippen LogP contribution in [0.1, 0.15) is 6.92 Å². The molecule has 1 aromatic heterocycles. The van der Waals surface area contributed by atoms with Crippen molar-refractivity contribution in [1.29, 1.82) is 0 Å². The van der Waals surface area contributed by atoms with Crippen molar-refractivity contribution in [2.75, 3.05) is 34.8 Å². The predicted octanol–water partition coefficient (Wildman–Crippen LogP) is 3.61. The molecule has 0 saturated heterocycles. The van der Waals surface area contributed by atoms with Crippen molar-refractivity contribution in [1.82, 2.24) is 4.98 Å². The fourth-order valence-corrected chi connectivity index (χ4v) is 2.76. The number of anilines is 3. The van der Waals surface area contributed by atoms with Gasteiger partial charge in [-0.2, -0.15) is 0 Å². The number of amides is 2. The van der Waals surface area contributed by atoms with Gasteiger partial charge in [0, 0.05) is 36.5 Å². The fraction of sp³-hybridized carbons (Fsp3) is 0.250. The van der Waals surface area contributed by atoms with Gasteiger partial charge in [-0.15, -0.1) is 0 Å². The minimum atomic E-state index is -0.174. The molecule has 22 heavy (non-hydrogen) atoms. The summed E-state index contributed by atoms with van der Waals surface area (Å²) in [7, 11) is 0. The Morgan fingerprint density at radius 2 is 2.18 bits per heavy atom. The minimum absolute atomic E-state index is 0.174. The lowest BCUT2D eigenvalue weighted by Crippen LogP contribution is -2.46. The van der Waals surface area contributed by atoms with E-state index in [0.29, 0.717) is 17.3 Å². The lowest BCUT2D eigenvalue weighted by Gasteiger charge is -2.35. The summed E-state index contributed by atoms with van der Waals surface area (Å²) in [6, 6.07) is 10.7. The molecule has 0 saturated carbocycles. The zero-order valence-electron chi connectivity index (χ0n) is 12.3. The van der Waals surface area contributed by atoms with E-state index in [2.05, 4.69) is 22.1 Å². The second-order valence-corrected chi connectivity index (χ2v) is 5.45. The second kappa shape index (κ2) is 6.23. The van der Waals surface area contributed by atoms with Crippen LogP contribution in [-0.4, -0.2) is 30.6 Å². The van der Waals surface area contributed by atoms with Crippen LogP contribution in [0.25, 0.3) is 0 Å². The Bertz CT molecular complexity index is 691. The number of benzene rings is 1. The minimum Gasteiger partial charge on any atom is -0.353 e. The van der Waals surface area contributed by atoms with E-state index in [1.165, 1.54) is 0 Å². The number of hydrogen-bond acceptors (Lipinski definition) is 3. The SMILES string of the molecule is CCN1CCN(C(=O)Nc2cccc(Cl)c2)c2cccnc21. The average molecular weight is 317 g/mol. The molecular formula is C16H17ClN4O. The summed E-state index contributed by atoms with van der Waals surface area (Å²) in [6.45, 7) is 4.34. The lowest BCUT2D eigenvalue weighted by molar-refractivity contribution is 0.256. The van der Waals surface area contributed by atoms with E-state index in [0.717, 1.165) is 24.6 Å². The highest BCUT2D eigenvalue weighted by atomic mass is 35.5. The van der Waals surface area contributed by atoms with E-state index in [4.69, 9.17) is 11.6 Å². The maximum atomic E-state index is 12.6. The Morgan fingerprint density at radius 3 is 2.95 bits per heavy atom. The summed E-state index contributed by atoms with van der Waals surface area (Å²) in [5.74, 6) is 0.845. The van der Waals surface area contributed by atoms with Gasteiger partial charge in [-0.3, -0.25) is 4.90 Å². The molecule has 1 aliphatic heterocycles. The molecule has 6 heteroatoms. The predicted molar refractivity (Wildman–Crippen MR) is 89.9 cm³/mol. The van der Waals surface area contributed by atoms with Gasteiger partial charge in [0.1, 0.15) is 0 Å². The molecule has 0 atom stereocenters. The van der Waals surface area contributed by atoms with Gasteiger partial charge in [0.2, 0.25) is 0 Å². The molecule has 2 amide bonds. The highest BCUT2D eigenvalue weighted by Crippen LogP contribution is 2.30. The molecule has 0 unspecified atom stereocenters. The maximum absolute atomic E-state index is 12.6. The first kappa shape index (κ1) is 14.7. The van der Waals surface area contributed by atoms with Crippen molar-refractivity contribution in [3.63, 3.8) is 0 Å². The molecule has 5 nitrogen and oxygen atoms in total. The molecule has 0 spiro atoms. The summed E-state index contributed by atoms with van der Waals surface area (Å²) in [5.41, 5.74) is 1.51. The zero-order valence-corrected chi connectivity index (χ0v) is 13.0. The standard InChI is InChI=1S/C16H17ClN4O/c1-2-20-9-10-21(14-7-4-8-18-15(14)20)16(22)19-13-6-3-5-12(17)11-13/h3-8,11H,2,9-10H2,1H3,(H,19,22). The number of carbonyl (C=O) groups excluding carboxylic acids is 1. The Balaban J connectivity index is 1.84. The highest BCUT2D eigenvalue weighted by molar-refractivity contribution is 6.30. The normalized spacial score (nSPS) is 13.7. The van der Waals surface area contributed by atoms with E-state index in [1.54, 1.807) is 23.2 Å². The molecule has 0 radical (unpaired) electrons. The number of hydrogen-bond donors (Lipinski definition) is 1. The van der Waals surface area contributed by atoms with Crippen LogP contribution < -0.4 is 15.1 Å². The van der Waals surface area contributed by atoms with E-state index >= 15 is 0 Å². The van der Waals surface area contributed by atoms with E-state index in [-0.39, 0.29) is 6.03 Å². The van der Waals surface area contributed by atoms with Crippen molar-refractivity contribution in [3.05, 3.63) is 47.6 Å². The van der Waals surface area contributed by atoms with Crippen LogP contribution in [0.2, 0.25) is 5.02 Å². The largest absolute Gasteiger partial charge is 0.353 e.